The van der Waals surface area contributed by atoms with Gasteiger partial charge >= 0.3 is 0 Å². The lowest BCUT2D eigenvalue weighted by Gasteiger charge is -2.13. The molecule has 2 N–H and O–H groups in total. The van der Waals surface area contributed by atoms with Crippen LogP contribution in [0.2, 0.25) is 0 Å². The number of nitrogens with two attached hydrogens (primary N) is 1. The molecule has 0 radical (unpaired) electrons. The van der Waals surface area contributed by atoms with Gasteiger partial charge in [-0.1, -0.05) is 42.5 Å². The molecule has 0 unspecified atom stereocenters. The molecule has 0 bridgehead atoms. The van der Waals surface area contributed by atoms with Crippen molar-refractivity contribution in [1.29, 1.82) is 0 Å². The first-order chi connectivity index (χ1) is 10.4. The Morgan fingerprint density at radius 1 is 0.773 bits per heavy atom. The van der Waals surface area contributed by atoms with E-state index in [2.05, 4.69) is 0 Å². The first kappa shape index (κ1) is 14.6. The Morgan fingerprint density at radius 3 is 2.00 bits per heavy atom. The summed E-state index contributed by atoms with van der Waals surface area (Å²) in [5, 5.41) is 5.53. The highest BCUT2D eigenvalue weighted by Crippen LogP contribution is 2.35. The zero-order valence-electron chi connectivity index (χ0n) is 11.3. The van der Waals surface area contributed by atoms with E-state index in [1.165, 1.54) is 30.3 Å². The molecule has 0 aromatic heterocycles. The smallest absolute Gasteiger partial charge is 0.225 e. The maximum atomic E-state index is 14.3. The second kappa shape index (κ2) is 5.15. The summed E-state index contributed by atoms with van der Waals surface area (Å²) in [6.07, 6.45) is 0. The van der Waals surface area contributed by atoms with Gasteiger partial charge in [0.05, 0.1) is 4.90 Å². The molecule has 0 aliphatic carbocycles. The number of hydrogen-bond donors (Lipinski definition) is 1. The highest BCUT2D eigenvalue weighted by atomic mass is 32.2. The van der Waals surface area contributed by atoms with Crippen molar-refractivity contribution in [3.05, 3.63) is 66.2 Å². The van der Waals surface area contributed by atoms with E-state index in [1.54, 1.807) is 18.2 Å². The Bertz CT molecular complexity index is 985. The van der Waals surface area contributed by atoms with E-state index in [-0.39, 0.29) is 26.8 Å². The van der Waals surface area contributed by atoms with Gasteiger partial charge in [0.2, 0.25) is 10.0 Å². The molecular formula is C16H11F2NO2S. The Balaban J connectivity index is 2.53. The van der Waals surface area contributed by atoms with Crippen molar-refractivity contribution in [3.8, 4) is 11.1 Å². The minimum atomic E-state index is -4.18. The molecule has 0 aliphatic heterocycles. The standard InChI is InChI=1S/C16H11F2NO2S/c17-14-8-4-3-6-11(14)13-9-15(18)10-5-1-2-7-12(10)16(13)22(19,20)21/h1-9H,(H2,19,20,21). The highest BCUT2D eigenvalue weighted by Gasteiger charge is 2.22. The van der Waals surface area contributed by atoms with Gasteiger partial charge in [0.25, 0.3) is 0 Å². The van der Waals surface area contributed by atoms with Crippen LogP contribution >= 0.6 is 0 Å². The molecule has 0 heterocycles. The Kier molecular flexibility index (Phi) is 3.42. The van der Waals surface area contributed by atoms with Crippen LogP contribution in [0.1, 0.15) is 0 Å². The molecule has 3 rings (SSSR count). The molecule has 0 atom stereocenters. The van der Waals surface area contributed by atoms with Crippen molar-refractivity contribution in [2.45, 2.75) is 4.90 Å². The number of sulfonamides is 1. The van der Waals surface area contributed by atoms with Gasteiger partial charge in [-0.3, -0.25) is 0 Å². The second-order valence-electron chi connectivity index (χ2n) is 4.81. The summed E-state index contributed by atoms with van der Waals surface area (Å²) in [4.78, 5) is -0.283. The van der Waals surface area contributed by atoms with E-state index in [1.807, 2.05) is 0 Å². The summed E-state index contributed by atoms with van der Waals surface area (Å²) in [5.41, 5.74) is -0.104. The Hall–Kier alpha value is -2.31. The number of rotatable bonds is 2. The normalized spacial score (nSPS) is 11.8. The molecule has 0 amide bonds. The third-order valence-corrected chi connectivity index (χ3v) is 4.40. The molecule has 0 saturated heterocycles. The number of primary sulfonamides is 1. The summed E-state index contributed by atoms with van der Waals surface area (Å²) in [6.45, 7) is 0. The molecule has 22 heavy (non-hydrogen) atoms. The third-order valence-electron chi connectivity index (χ3n) is 3.39. The minimum absolute atomic E-state index is 0.0174. The fourth-order valence-electron chi connectivity index (χ4n) is 2.49. The quantitative estimate of drug-likeness (QED) is 0.786. The summed E-state index contributed by atoms with van der Waals surface area (Å²) < 4.78 is 52.3. The van der Waals surface area contributed by atoms with Crippen LogP contribution in [0.15, 0.2) is 59.5 Å². The van der Waals surface area contributed by atoms with Crippen LogP contribution in [0.25, 0.3) is 21.9 Å². The molecular weight excluding hydrogens is 308 g/mol. The van der Waals surface area contributed by atoms with Crippen molar-refractivity contribution < 1.29 is 17.2 Å². The average molecular weight is 319 g/mol. The molecule has 0 saturated carbocycles. The van der Waals surface area contributed by atoms with Crippen molar-refractivity contribution in [2.24, 2.45) is 5.14 Å². The maximum Gasteiger partial charge on any atom is 0.239 e. The number of halogens is 2. The van der Waals surface area contributed by atoms with Crippen molar-refractivity contribution in [1.82, 2.24) is 0 Å². The Labute approximate surface area is 126 Å². The largest absolute Gasteiger partial charge is 0.239 e. The molecule has 0 fully saturated rings. The topological polar surface area (TPSA) is 60.2 Å². The molecule has 112 valence electrons. The van der Waals surface area contributed by atoms with E-state index in [4.69, 9.17) is 5.14 Å². The maximum absolute atomic E-state index is 14.3. The van der Waals surface area contributed by atoms with Gasteiger partial charge in [0.1, 0.15) is 11.6 Å². The lowest BCUT2D eigenvalue weighted by Crippen LogP contribution is -2.14. The van der Waals surface area contributed by atoms with Crippen LogP contribution in [0.3, 0.4) is 0 Å². The van der Waals surface area contributed by atoms with Crippen LogP contribution in [-0.2, 0) is 10.0 Å². The second-order valence-corrected chi connectivity index (χ2v) is 6.30. The predicted octanol–water partition coefficient (Wildman–Crippen LogP) is 3.43. The number of fused-ring (bicyclic) bond motifs is 1. The lowest BCUT2D eigenvalue weighted by atomic mass is 10.00. The first-order valence-corrected chi connectivity index (χ1v) is 7.93. The van der Waals surface area contributed by atoms with Gasteiger partial charge in [0, 0.05) is 21.9 Å². The zero-order valence-corrected chi connectivity index (χ0v) is 12.1. The molecule has 3 aromatic rings. The SMILES string of the molecule is NS(=O)(=O)c1c(-c2ccccc2F)cc(F)c2ccccc12. The van der Waals surface area contributed by atoms with E-state index in [0.717, 1.165) is 6.07 Å². The van der Waals surface area contributed by atoms with Gasteiger partial charge < -0.3 is 0 Å². The Morgan fingerprint density at radius 2 is 1.36 bits per heavy atom. The first-order valence-electron chi connectivity index (χ1n) is 6.38. The van der Waals surface area contributed by atoms with E-state index in [9.17, 15) is 17.2 Å². The van der Waals surface area contributed by atoms with E-state index < -0.39 is 21.7 Å². The van der Waals surface area contributed by atoms with Crippen LogP contribution in [0.4, 0.5) is 8.78 Å². The van der Waals surface area contributed by atoms with Crippen molar-refractivity contribution >= 4 is 20.8 Å². The van der Waals surface area contributed by atoms with Crippen LogP contribution < -0.4 is 5.14 Å². The lowest BCUT2D eigenvalue weighted by molar-refractivity contribution is 0.598. The summed E-state index contributed by atoms with van der Waals surface area (Å²) in [6, 6.07) is 12.6. The van der Waals surface area contributed by atoms with E-state index >= 15 is 0 Å². The van der Waals surface area contributed by atoms with Gasteiger partial charge in [-0.05, 0) is 12.1 Å². The van der Waals surface area contributed by atoms with Crippen LogP contribution in [0.5, 0.6) is 0 Å². The summed E-state index contributed by atoms with van der Waals surface area (Å²) in [5.74, 6) is -1.29. The van der Waals surface area contributed by atoms with Gasteiger partial charge in [-0.2, -0.15) is 0 Å². The monoisotopic (exact) mass is 319 g/mol. The van der Waals surface area contributed by atoms with Gasteiger partial charge in [0.15, 0.2) is 0 Å². The van der Waals surface area contributed by atoms with Crippen molar-refractivity contribution in [2.75, 3.05) is 0 Å². The molecule has 3 nitrogen and oxygen atoms in total. The molecule has 0 aliphatic rings. The van der Waals surface area contributed by atoms with Crippen molar-refractivity contribution in [3.63, 3.8) is 0 Å². The zero-order chi connectivity index (χ0) is 15.9. The number of benzene rings is 3. The molecule has 0 spiro atoms. The van der Waals surface area contributed by atoms with Crippen LogP contribution in [0, 0.1) is 11.6 Å². The van der Waals surface area contributed by atoms with E-state index in [0.29, 0.717) is 0 Å². The molecule has 3 aromatic carbocycles. The third kappa shape index (κ3) is 2.36. The predicted molar refractivity (Wildman–Crippen MR) is 80.7 cm³/mol. The van der Waals surface area contributed by atoms with Gasteiger partial charge in [-0.15, -0.1) is 0 Å². The van der Waals surface area contributed by atoms with Crippen LogP contribution in [-0.4, -0.2) is 8.42 Å². The fraction of sp³-hybridized carbons (Fsp3) is 0. The minimum Gasteiger partial charge on any atom is -0.225 e. The molecule has 6 heteroatoms. The van der Waals surface area contributed by atoms with Gasteiger partial charge in [-0.25, -0.2) is 22.3 Å². The summed E-state index contributed by atoms with van der Waals surface area (Å²) >= 11 is 0. The average Bonchev–Trinajstić information content (AvgIpc) is 2.46. The summed E-state index contributed by atoms with van der Waals surface area (Å²) in [7, 11) is -4.18. The number of hydrogen-bond acceptors (Lipinski definition) is 2. The fourth-order valence-corrected chi connectivity index (χ4v) is 3.45. The highest BCUT2D eigenvalue weighted by molar-refractivity contribution is 7.89.